The fourth-order valence-corrected chi connectivity index (χ4v) is 4.62. The van der Waals surface area contributed by atoms with Crippen molar-refractivity contribution in [3.63, 3.8) is 0 Å². The van der Waals surface area contributed by atoms with Gasteiger partial charge in [-0.25, -0.2) is 0 Å². The Morgan fingerprint density at radius 1 is 1.16 bits per heavy atom. The Morgan fingerprint density at radius 2 is 1.88 bits per heavy atom. The van der Waals surface area contributed by atoms with Gasteiger partial charge >= 0.3 is 6.18 Å². The molecule has 1 atom stereocenters. The Hall–Kier alpha value is -3.19. The zero-order valence-electron chi connectivity index (χ0n) is 16.5. The maximum absolute atomic E-state index is 12.9. The number of fused-ring (bicyclic) bond motifs is 1. The number of nitrogens with zero attached hydrogens (tertiary/aromatic N) is 5. The lowest BCUT2D eigenvalue weighted by Gasteiger charge is -2.22. The van der Waals surface area contributed by atoms with Crippen LogP contribution in [0.5, 0.6) is 0 Å². The molecule has 1 N–H and O–H groups in total. The molecule has 3 aromatic rings. The highest BCUT2D eigenvalue weighted by atomic mass is 32.2. The van der Waals surface area contributed by atoms with E-state index in [-0.39, 0.29) is 25.6 Å². The minimum atomic E-state index is -4.54. The molecule has 0 aliphatic carbocycles. The van der Waals surface area contributed by atoms with Gasteiger partial charge in [-0.1, -0.05) is 30.3 Å². The van der Waals surface area contributed by atoms with Gasteiger partial charge in [-0.3, -0.25) is 9.48 Å². The number of hydrogen-bond donors (Lipinski definition) is 1. The average Bonchev–Trinajstić information content (AvgIpc) is 3.43. The van der Waals surface area contributed by atoms with Gasteiger partial charge in [-0.2, -0.15) is 35.9 Å². The molecular formula is C19H18F3N5O4S. The monoisotopic (exact) mass is 469 g/mol. The number of benzene rings is 1. The van der Waals surface area contributed by atoms with Gasteiger partial charge in [0, 0.05) is 24.5 Å². The number of amides is 1. The number of alkyl halides is 3. The molecule has 0 bridgehead atoms. The number of halogens is 3. The molecule has 0 radical (unpaired) electrons. The van der Waals surface area contributed by atoms with Crippen LogP contribution in [0.15, 0.2) is 53.8 Å². The van der Waals surface area contributed by atoms with Gasteiger partial charge in [0.1, 0.15) is 11.4 Å². The molecule has 1 amide bonds. The first-order valence-corrected chi connectivity index (χ1v) is 10.9. The lowest BCUT2D eigenvalue weighted by atomic mass is 9.98. The quantitative estimate of drug-likeness (QED) is 0.586. The molecule has 9 nitrogen and oxygen atoms in total. The average molecular weight is 469 g/mol. The van der Waals surface area contributed by atoms with Crippen LogP contribution in [0.4, 0.5) is 13.2 Å². The molecule has 0 unspecified atom stereocenters. The van der Waals surface area contributed by atoms with Crippen LogP contribution >= 0.6 is 0 Å². The topological polar surface area (TPSA) is 110 Å². The summed E-state index contributed by atoms with van der Waals surface area (Å²) in [6.45, 7) is -1.65. The summed E-state index contributed by atoms with van der Waals surface area (Å²) in [7, 11) is -4.24. The van der Waals surface area contributed by atoms with Gasteiger partial charge in [0.25, 0.3) is 10.0 Å². The summed E-state index contributed by atoms with van der Waals surface area (Å²) in [5, 5.41) is 17.2. The van der Waals surface area contributed by atoms with E-state index in [0.29, 0.717) is 25.6 Å². The highest BCUT2D eigenvalue weighted by Gasteiger charge is 2.34. The number of aliphatic hydroxyl groups excluding tert-OH is 1. The molecule has 0 spiro atoms. The number of carbonyl (C=O) groups excluding carboxylic acids is 1. The largest absolute Gasteiger partial charge is 0.408 e. The number of hydrogen-bond acceptors (Lipinski definition) is 6. The van der Waals surface area contributed by atoms with E-state index in [9.17, 15) is 31.5 Å². The predicted molar refractivity (Wildman–Crippen MR) is 104 cm³/mol. The van der Waals surface area contributed by atoms with Crippen LogP contribution in [0, 0.1) is 0 Å². The van der Waals surface area contributed by atoms with E-state index >= 15 is 0 Å². The van der Waals surface area contributed by atoms with Gasteiger partial charge < -0.3 is 10.0 Å². The summed E-state index contributed by atoms with van der Waals surface area (Å²) in [5.74, 6) is -1.07. The molecule has 2 aromatic heterocycles. The maximum atomic E-state index is 12.9. The molecule has 1 aliphatic rings. The molecule has 13 heteroatoms. The number of carbonyl (C=O) groups is 1. The SMILES string of the molecule is O=C([C@@H](CO)c1ccccc1)N1Cc2cn(S(=O)(=O)c3cnn(CC(F)(F)F)c3)nc2C1. The van der Waals surface area contributed by atoms with Crippen LogP contribution in [0.1, 0.15) is 22.7 Å². The maximum Gasteiger partial charge on any atom is 0.408 e. The van der Waals surface area contributed by atoms with Crippen LogP contribution < -0.4 is 0 Å². The summed E-state index contributed by atoms with van der Waals surface area (Å²) < 4.78 is 64.1. The smallest absolute Gasteiger partial charge is 0.395 e. The van der Waals surface area contributed by atoms with Gasteiger partial charge in [0.2, 0.25) is 5.91 Å². The zero-order chi connectivity index (χ0) is 23.1. The number of aromatic nitrogens is 4. The second kappa shape index (κ2) is 8.06. The molecule has 4 rings (SSSR count). The fraction of sp³-hybridized carbons (Fsp3) is 0.316. The van der Waals surface area contributed by atoms with Crippen molar-refractivity contribution in [2.45, 2.75) is 36.6 Å². The second-order valence-corrected chi connectivity index (χ2v) is 9.10. The standard InChI is InChI=1S/C19H18F3N5O4S/c20-19(21,22)12-26-9-15(6-23-26)32(30,31)27-8-14-7-25(10-17(14)24-27)18(29)16(11-28)13-4-2-1-3-5-13/h1-6,8-9,16,28H,7,10-12H2/t16-/m0/s1. The highest BCUT2D eigenvalue weighted by Crippen LogP contribution is 2.28. The zero-order valence-corrected chi connectivity index (χ0v) is 17.3. The molecule has 0 saturated heterocycles. The summed E-state index contributed by atoms with van der Waals surface area (Å²) >= 11 is 0. The van der Waals surface area contributed by atoms with Gasteiger partial charge in [0.05, 0.1) is 31.0 Å². The van der Waals surface area contributed by atoms with Crippen molar-refractivity contribution >= 4 is 15.9 Å². The first-order chi connectivity index (χ1) is 15.1. The van der Waals surface area contributed by atoms with Crippen LogP contribution in [0.25, 0.3) is 0 Å². The third kappa shape index (κ3) is 4.25. The molecule has 1 aliphatic heterocycles. The summed E-state index contributed by atoms with van der Waals surface area (Å²) in [5.41, 5.74) is 1.51. The van der Waals surface area contributed by atoms with E-state index in [1.165, 1.54) is 11.1 Å². The molecule has 170 valence electrons. The van der Waals surface area contributed by atoms with Crippen molar-refractivity contribution in [3.8, 4) is 0 Å². The van der Waals surface area contributed by atoms with E-state index in [2.05, 4.69) is 10.2 Å². The Kier molecular flexibility index (Phi) is 5.54. The van der Waals surface area contributed by atoms with Crippen LogP contribution in [-0.2, 0) is 34.5 Å². The summed E-state index contributed by atoms with van der Waals surface area (Å²) in [6, 6.07) is 8.79. The molecular weight excluding hydrogens is 451 g/mol. The molecule has 32 heavy (non-hydrogen) atoms. The van der Waals surface area contributed by atoms with E-state index < -0.39 is 33.6 Å². The first-order valence-electron chi connectivity index (χ1n) is 9.45. The second-order valence-electron chi connectivity index (χ2n) is 7.31. The van der Waals surface area contributed by atoms with Gasteiger partial charge in [-0.15, -0.1) is 0 Å². The van der Waals surface area contributed by atoms with E-state index in [4.69, 9.17) is 0 Å². The lowest BCUT2D eigenvalue weighted by Crippen LogP contribution is -2.33. The lowest BCUT2D eigenvalue weighted by molar-refractivity contribution is -0.142. The van der Waals surface area contributed by atoms with E-state index in [1.54, 1.807) is 30.3 Å². The summed E-state index contributed by atoms with van der Waals surface area (Å²) in [6.07, 6.45) is -1.69. The Bertz CT molecular complexity index is 1210. The normalized spacial score (nSPS) is 15.1. The summed E-state index contributed by atoms with van der Waals surface area (Å²) in [4.78, 5) is 13.9. The van der Waals surface area contributed by atoms with Crippen LogP contribution in [0.2, 0.25) is 0 Å². The Labute approximate surface area is 180 Å². The minimum absolute atomic E-state index is 0.0490. The molecule has 0 fully saturated rings. The molecule has 3 heterocycles. The van der Waals surface area contributed by atoms with Gasteiger partial charge in [0.15, 0.2) is 0 Å². The third-order valence-corrected chi connectivity index (χ3v) is 6.53. The molecule has 0 saturated carbocycles. The Morgan fingerprint density at radius 3 is 2.50 bits per heavy atom. The van der Waals surface area contributed by atoms with Crippen LogP contribution in [-0.4, -0.2) is 56.1 Å². The first kappa shape index (κ1) is 22.0. The van der Waals surface area contributed by atoms with E-state index in [1.807, 2.05) is 0 Å². The highest BCUT2D eigenvalue weighted by molar-refractivity contribution is 7.89. The van der Waals surface area contributed by atoms with Crippen molar-refractivity contribution in [3.05, 3.63) is 65.7 Å². The predicted octanol–water partition coefficient (Wildman–Crippen LogP) is 1.50. The van der Waals surface area contributed by atoms with Crippen LogP contribution in [0.3, 0.4) is 0 Å². The van der Waals surface area contributed by atoms with Gasteiger partial charge in [-0.05, 0) is 5.56 Å². The van der Waals surface area contributed by atoms with Crippen molar-refractivity contribution < 1.29 is 31.5 Å². The number of rotatable bonds is 6. The minimum Gasteiger partial charge on any atom is -0.395 e. The van der Waals surface area contributed by atoms with Crippen molar-refractivity contribution in [2.75, 3.05) is 6.61 Å². The van der Waals surface area contributed by atoms with Crippen molar-refractivity contribution in [1.82, 2.24) is 23.9 Å². The third-order valence-electron chi connectivity index (χ3n) is 5.05. The van der Waals surface area contributed by atoms with E-state index in [0.717, 1.165) is 12.4 Å². The molecule has 1 aromatic carbocycles. The van der Waals surface area contributed by atoms with Crippen molar-refractivity contribution in [2.24, 2.45) is 0 Å². The van der Waals surface area contributed by atoms with Crippen molar-refractivity contribution in [1.29, 1.82) is 0 Å². The Balaban J connectivity index is 1.50. The number of aliphatic hydroxyl groups is 1. The fourth-order valence-electron chi connectivity index (χ4n) is 3.49.